The summed E-state index contributed by atoms with van der Waals surface area (Å²) in [6.07, 6.45) is 2.03. The number of hydrogen-bond donors (Lipinski definition) is 2. The molecule has 1 saturated heterocycles. The molecule has 1 aliphatic heterocycles. The predicted octanol–water partition coefficient (Wildman–Crippen LogP) is 3.26. The summed E-state index contributed by atoms with van der Waals surface area (Å²) in [6.45, 7) is 4.75. The number of nitrogens with one attached hydrogen (secondary N) is 2. The van der Waals surface area contributed by atoms with Crippen molar-refractivity contribution in [2.75, 3.05) is 38.3 Å². The molecule has 1 aliphatic rings. The highest BCUT2D eigenvalue weighted by atomic mass is 16.5. The maximum atomic E-state index is 12.6. The van der Waals surface area contributed by atoms with E-state index < -0.39 is 0 Å². The van der Waals surface area contributed by atoms with Crippen molar-refractivity contribution in [2.24, 2.45) is 0 Å². The minimum Gasteiger partial charge on any atom is -0.491 e. The van der Waals surface area contributed by atoms with Gasteiger partial charge in [0.1, 0.15) is 12.4 Å². The van der Waals surface area contributed by atoms with Crippen LogP contribution in [0.2, 0.25) is 0 Å². The molecule has 7 nitrogen and oxygen atoms in total. The number of anilines is 1. The van der Waals surface area contributed by atoms with E-state index in [4.69, 9.17) is 14.2 Å². The van der Waals surface area contributed by atoms with Gasteiger partial charge in [0.2, 0.25) is 0 Å². The van der Waals surface area contributed by atoms with Crippen molar-refractivity contribution < 1.29 is 23.8 Å². The van der Waals surface area contributed by atoms with Gasteiger partial charge in [-0.15, -0.1) is 0 Å². The molecule has 2 aromatic carbocycles. The smallest absolute Gasteiger partial charge is 0.255 e. The number of benzene rings is 2. The summed E-state index contributed by atoms with van der Waals surface area (Å²) in [5.74, 6) is 0.134. The topological polar surface area (TPSA) is 85.9 Å². The molecule has 1 fully saturated rings. The number of amides is 2. The highest BCUT2D eigenvalue weighted by Gasteiger charge is 2.18. The third kappa shape index (κ3) is 6.30. The fourth-order valence-corrected chi connectivity index (χ4v) is 3.16. The Morgan fingerprint density at radius 2 is 1.87 bits per heavy atom. The third-order valence-electron chi connectivity index (χ3n) is 4.75. The molecule has 0 aromatic heterocycles. The molecule has 0 spiro atoms. The number of rotatable bonds is 10. The molecule has 1 atom stereocenters. The molecule has 2 N–H and O–H groups in total. The highest BCUT2D eigenvalue weighted by Crippen LogP contribution is 2.18. The molecule has 0 radical (unpaired) electrons. The summed E-state index contributed by atoms with van der Waals surface area (Å²) in [7, 11) is 0. The van der Waals surface area contributed by atoms with Crippen LogP contribution in [0.4, 0.5) is 5.69 Å². The van der Waals surface area contributed by atoms with Crippen LogP contribution in [0.15, 0.2) is 48.5 Å². The predicted molar refractivity (Wildman–Crippen MR) is 114 cm³/mol. The lowest BCUT2D eigenvalue weighted by Crippen LogP contribution is -2.32. The molecule has 2 aromatic rings. The van der Waals surface area contributed by atoms with Crippen LogP contribution in [0.25, 0.3) is 0 Å². The van der Waals surface area contributed by atoms with E-state index in [0.717, 1.165) is 19.4 Å². The SMILES string of the molecule is CCOCCOc1ccc(C(=O)Nc2ccccc2C(=O)NCC2CCCO2)cc1. The van der Waals surface area contributed by atoms with Crippen molar-refractivity contribution >= 4 is 17.5 Å². The molecule has 7 heteroatoms. The summed E-state index contributed by atoms with van der Waals surface area (Å²) < 4.78 is 16.3. The monoisotopic (exact) mass is 412 g/mol. The lowest BCUT2D eigenvalue weighted by atomic mass is 10.1. The van der Waals surface area contributed by atoms with Crippen LogP contribution in [0.1, 0.15) is 40.5 Å². The average molecular weight is 412 g/mol. The van der Waals surface area contributed by atoms with Crippen molar-refractivity contribution in [1.82, 2.24) is 5.32 Å². The highest BCUT2D eigenvalue weighted by molar-refractivity contribution is 6.09. The maximum Gasteiger partial charge on any atom is 0.255 e. The van der Waals surface area contributed by atoms with Crippen LogP contribution in [-0.2, 0) is 9.47 Å². The first-order valence-electron chi connectivity index (χ1n) is 10.3. The zero-order chi connectivity index (χ0) is 21.2. The van der Waals surface area contributed by atoms with Crippen LogP contribution in [0.3, 0.4) is 0 Å². The Morgan fingerprint density at radius 1 is 1.07 bits per heavy atom. The summed E-state index contributed by atoms with van der Waals surface area (Å²) in [5, 5.41) is 5.71. The molecule has 160 valence electrons. The van der Waals surface area contributed by atoms with Gasteiger partial charge in [0, 0.05) is 25.3 Å². The molecule has 0 bridgehead atoms. The number of para-hydroxylation sites is 1. The van der Waals surface area contributed by atoms with E-state index in [0.29, 0.717) is 48.9 Å². The number of ether oxygens (including phenoxy) is 3. The van der Waals surface area contributed by atoms with E-state index in [9.17, 15) is 9.59 Å². The Bertz CT molecular complexity index is 832. The van der Waals surface area contributed by atoms with Gasteiger partial charge in [-0.3, -0.25) is 9.59 Å². The van der Waals surface area contributed by atoms with Crippen molar-refractivity contribution in [1.29, 1.82) is 0 Å². The third-order valence-corrected chi connectivity index (χ3v) is 4.75. The molecular formula is C23H28N2O5. The summed E-state index contributed by atoms with van der Waals surface area (Å²) in [4.78, 5) is 25.2. The van der Waals surface area contributed by atoms with Gasteiger partial charge in [-0.1, -0.05) is 12.1 Å². The molecule has 1 heterocycles. The molecule has 0 aliphatic carbocycles. The van der Waals surface area contributed by atoms with Gasteiger partial charge in [-0.2, -0.15) is 0 Å². The van der Waals surface area contributed by atoms with Crippen LogP contribution >= 0.6 is 0 Å². The second-order valence-corrected chi connectivity index (χ2v) is 6.91. The van der Waals surface area contributed by atoms with Crippen LogP contribution in [-0.4, -0.2) is 50.9 Å². The van der Waals surface area contributed by atoms with E-state index in [1.807, 2.05) is 6.92 Å². The fourth-order valence-electron chi connectivity index (χ4n) is 3.16. The zero-order valence-electron chi connectivity index (χ0n) is 17.2. The van der Waals surface area contributed by atoms with Gasteiger partial charge in [-0.05, 0) is 56.2 Å². The quantitative estimate of drug-likeness (QED) is 0.585. The summed E-state index contributed by atoms with van der Waals surface area (Å²) in [5.41, 5.74) is 1.35. The largest absolute Gasteiger partial charge is 0.491 e. The molecule has 3 rings (SSSR count). The van der Waals surface area contributed by atoms with Crippen molar-refractivity contribution in [3.05, 3.63) is 59.7 Å². The molecule has 30 heavy (non-hydrogen) atoms. The van der Waals surface area contributed by atoms with E-state index in [1.54, 1.807) is 48.5 Å². The van der Waals surface area contributed by atoms with Gasteiger partial charge in [0.05, 0.1) is 24.0 Å². The summed E-state index contributed by atoms with van der Waals surface area (Å²) in [6, 6.07) is 13.8. The summed E-state index contributed by atoms with van der Waals surface area (Å²) >= 11 is 0. The molecule has 2 amide bonds. The van der Waals surface area contributed by atoms with Crippen molar-refractivity contribution in [3.63, 3.8) is 0 Å². The number of carbonyl (C=O) groups is 2. The minimum absolute atomic E-state index is 0.0602. The van der Waals surface area contributed by atoms with Crippen molar-refractivity contribution in [3.8, 4) is 5.75 Å². The lowest BCUT2D eigenvalue weighted by Gasteiger charge is -2.14. The van der Waals surface area contributed by atoms with E-state index in [2.05, 4.69) is 10.6 Å². The number of hydrogen-bond acceptors (Lipinski definition) is 5. The second-order valence-electron chi connectivity index (χ2n) is 6.91. The Morgan fingerprint density at radius 3 is 2.60 bits per heavy atom. The molecule has 0 saturated carbocycles. The van der Waals surface area contributed by atoms with Crippen molar-refractivity contribution in [2.45, 2.75) is 25.9 Å². The van der Waals surface area contributed by atoms with Gasteiger partial charge >= 0.3 is 0 Å². The molecule has 1 unspecified atom stereocenters. The Hall–Kier alpha value is -2.90. The first kappa shape index (κ1) is 21.8. The first-order valence-corrected chi connectivity index (χ1v) is 10.3. The average Bonchev–Trinajstić information content (AvgIpc) is 3.29. The van der Waals surface area contributed by atoms with Crippen LogP contribution in [0.5, 0.6) is 5.75 Å². The second kappa shape index (κ2) is 11.3. The minimum atomic E-state index is -0.296. The molecular weight excluding hydrogens is 384 g/mol. The fraction of sp³-hybridized carbons (Fsp3) is 0.391. The maximum absolute atomic E-state index is 12.6. The van der Waals surface area contributed by atoms with Crippen LogP contribution in [0, 0.1) is 0 Å². The van der Waals surface area contributed by atoms with E-state index >= 15 is 0 Å². The Balaban J connectivity index is 1.57. The Labute approximate surface area is 176 Å². The van der Waals surface area contributed by atoms with E-state index in [-0.39, 0.29) is 17.9 Å². The zero-order valence-corrected chi connectivity index (χ0v) is 17.2. The first-order chi connectivity index (χ1) is 14.7. The van der Waals surface area contributed by atoms with Gasteiger partial charge in [0.25, 0.3) is 11.8 Å². The van der Waals surface area contributed by atoms with Crippen LogP contribution < -0.4 is 15.4 Å². The van der Waals surface area contributed by atoms with E-state index in [1.165, 1.54) is 0 Å². The van der Waals surface area contributed by atoms with Gasteiger partial charge < -0.3 is 24.8 Å². The standard InChI is InChI=1S/C23H28N2O5/c1-2-28-14-15-30-18-11-9-17(10-12-18)22(26)25-21-8-4-3-7-20(21)23(27)24-16-19-6-5-13-29-19/h3-4,7-12,19H,2,5-6,13-16H2,1H3,(H,24,27)(H,25,26). The van der Waals surface area contributed by atoms with Gasteiger partial charge in [-0.25, -0.2) is 0 Å². The lowest BCUT2D eigenvalue weighted by molar-refractivity contribution is 0.0858. The number of carbonyl (C=O) groups excluding carboxylic acids is 2. The van der Waals surface area contributed by atoms with Gasteiger partial charge in [0.15, 0.2) is 0 Å². The normalized spacial score (nSPS) is 15.6. The Kier molecular flexibility index (Phi) is 8.23.